The number of carboxylic acid groups (broad SMARTS) is 1. The van der Waals surface area contributed by atoms with Crippen LogP contribution in [0.5, 0.6) is 11.5 Å². The number of amides is 1. The Morgan fingerprint density at radius 2 is 1.73 bits per heavy atom. The van der Waals surface area contributed by atoms with Gasteiger partial charge in [0.05, 0.1) is 31.1 Å². The van der Waals surface area contributed by atoms with Gasteiger partial charge in [0.15, 0.2) is 0 Å². The van der Waals surface area contributed by atoms with Crippen LogP contribution in [0.15, 0.2) is 65.6 Å². The summed E-state index contributed by atoms with van der Waals surface area (Å²) < 4.78 is 108. The van der Waals surface area contributed by atoms with Crippen molar-refractivity contribution in [1.29, 1.82) is 0 Å². The Bertz CT molecular complexity index is 2110. The topological polar surface area (TPSA) is 101 Å². The lowest BCUT2D eigenvalue weighted by Gasteiger charge is -2.38. The molecule has 1 fully saturated rings. The van der Waals surface area contributed by atoms with Gasteiger partial charge in [-0.25, -0.2) is 17.6 Å². The number of benzene rings is 3. The average molecular weight is 718 g/mol. The molecule has 2 unspecified atom stereocenters. The molecule has 2 N–H and O–H groups in total. The molecule has 4 bridgehead atoms. The van der Waals surface area contributed by atoms with E-state index in [4.69, 9.17) is 4.74 Å². The molecule has 6 rings (SSSR count). The Labute approximate surface area is 286 Å². The summed E-state index contributed by atoms with van der Waals surface area (Å²) in [5, 5.41) is 12.2. The maximum Gasteiger partial charge on any atom is 0.416 e. The second-order valence-corrected chi connectivity index (χ2v) is 12.8. The third-order valence-electron chi connectivity index (χ3n) is 8.97. The molecule has 1 aromatic heterocycles. The summed E-state index contributed by atoms with van der Waals surface area (Å²) in [6, 6.07) is 7.66. The summed E-state index contributed by atoms with van der Waals surface area (Å²) in [4.78, 5) is 41.0. The average Bonchev–Trinajstić information content (AvgIpc) is 3.02. The molecule has 0 radical (unpaired) electrons. The highest BCUT2D eigenvalue weighted by Gasteiger charge is 2.44. The summed E-state index contributed by atoms with van der Waals surface area (Å²) in [5.41, 5.74) is -2.44. The largest absolute Gasteiger partial charge is 0.481 e. The Hall–Kier alpha value is -5.18. The van der Waals surface area contributed by atoms with E-state index >= 15 is 8.78 Å². The number of likely N-dealkylation sites (tertiary alicyclic amines) is 1. The first-order valence-corrected chi connectivity index (χ1v) is 15.7. The van der Waals surface area contributed by atoms with Crippen molar-refractivity contribution in [2.24, 2.45) is 0 Å². The zero-order chi connectivity index (χ0) is 37.0. The highest BCUT2D eigenvalue weighted by atomic mass is 19.4. The fourth-order valence-corrected chi connectivity index (χ4v) is 6.60. The Kier molecular flexibility index (Phi) is 9.21. The number of aliphatic carboxylic acids is 1. The van der Waals surface area contributed by atoms with E-state index < -0.39 is 95.9 Å². The molecular weight excluding hydrogens is 687 g/mol. The van der Waals surface area contributed by atoms with E-state index in [2.05, 4.69) is 5.32 Å². The smallest absolute Gasteiger partial charge is 0.416 e. The van der Waals surface area contributed by atoms with E-state index in [0.717, 1.165) is 12.1 Å². The van der Waals surface area contributed by atoms with E-state index in [1.807, 2.05) is 0 Å². The van der Waals surface area contributed by atoms with Crippen molar-refractivity contribution >= 4 is 11.9 Å². The van der Waals surface area contributed by atoms with Crippen molar-refractivity contribution < 1.29 is 50.2 Å². The minimum Gasteiger partial charge on any atom is -0.481 e. The predicted octanol–water partition coefficient (Wildman–Crippen LogP) is 6.95. The summed E-state index contributed by atoms with van der Waals surface area (Å²) in [5.74, 6) is -7.44. The third kappa shape index (κ3) is 7.20. The van der Waals surface area contributed by atoms with Gasteiger partial charge >= 0.3 is 12.1 Å². The second-order valence-electron chi connectivity index (χ2n) is 12.8. The predicted molar refractivity (Wildman–Crippen MR) is 170 cm³/mol. The number of carbonyl (C=O) groups excluding carboxylic acids is 1. The molecule has 51 heavy (non-hydrogen) atoms. The van der Waals surface area contributed by atoms with Gasteiger partial charge < -0.3 is 15.2 Å². The van der Waals surface area contributed by atoms with Gasteiger partial charge in [-0.1, -0.05) is 12.1 Å². The molecule has 15 heteroatoms. The molecule has 1 saturated heterocycles. The first-order valence-electron chi connectivity index (χ1n) is 15.7. The van der Waals surface area contributed by atoms with Crippen molar-refractivity contribution in [2.45, 2.75) is 50.9 Å². The molecule has 0 spiro atoms. The fourth-order valence-electron chi connectivity index (χ4n) is 6.60. The van der Waals surface area contributed by atoms with Crippen LogP contribution < -0.4 is 15.6 Å². The van der Waals surface area contributed by atoms with Gasteiger partial charge in [0.1, 0.15) is 29.2 Å². The Morgan fingerprint density at radius 3 is 2.39 bits per heavy atom. The van der Waals surface area contributed by atoms with E-state index in [9.17, 15) is 41.4 Å². The highest BCUT2D eigenvalue weighted by Crippen LogP contribution is 2.41. The maximum absolute atomic E-state index is 15.9. The second kappa shape index (κ2) is 13.2. The van der Waals surface area contributed by atoms with Gasteiger partial charge in [-0.05, 0) is 78.9 Å². The van der Waals surface area contributed by atoms with Crippen LogP contribution in [-0.4, -0.2) is 52.0 Å². The first-order chi connectivity index (χ1) is 23.9. The number of nitrogens with zero attached hydrogens (tertiary/aromatic N) is 2. The zero-order valence-electron chi connectivity index (χ0n) is 27.1. The number of alkyl halides is 5. The number of fused-ring (bicyclic) bond motifs is 6. The van der Waals surface area contributed by atoms with Gasteiger partial charge in [-0.15, -0.1) is 0 Å². The third-order valence-corrected chi connectivity index (χ3v) is 8.97. The lowest BCUT2D eigenvalue weighted by atomic mass is 9.92. The van der Waals surface area contributed by atoms with Crippen LogP contribution >= 0.6 is 0 Å². The number of halogens is 7. The SMILES string of the molecule is Cc1cc2cc(c1F)C(CC(=O)O)NC(=O)C(n1cc(CCN3CC(F)(F)C3)c(C(F)(F)F)cc1=O)c1cc(ccc1F)Oc1cccc(C)c1-2. The highest BCUT2D eigenvalue weighted by molar-refractivity contribution is 5.85. The molecule has 0 saturated carbocycles. The summed E-state index contributed by atoms with van der Waals surface area (Å²) in [7, 11) is 0. The standard InChI is InChI=1S/C36H30F7N3O5/c1-18-4-3-5-28-31(18)21-10-19(2)32(38)24(11-21)27(14-30(48)49)44-34(50)33(23-12-22(51-28)6-7-26(23)37)46-15-20(8-9-45-16-35(39,40)17-45)25(13-29(46)47)36(41,42)43/h3-7,10-13,15,27,33H,8-9,14,16-17H2,1-2H3,(H,44,50)(H,48,49). The Balaban J connectivity index is 1.57. The number of nitrogens with one attached hydrogen (secondary N) is 1. The molecule has 8 nitrogen and oxygen atoms in total. The Morgan fingerprint density at radius 1 is 1.00 bits per heavy atom. The van der Waals surface area contributed by atoms with Crippen LogP contribution in [0.3, 0.4) is 0 Å². The van der Waals surface area contributed by atoms with E-state index in [0.29, 0.717) is 27.5 Å². The van der Waals surface area contributed by atoms with Crippen molar-refractivity contribution in [3.8, 4) is 22.6 Å². The van der Waals surface area contributed by atoms with Gasteiger partial charge in [0.25, 0.3) is 11.5 Å². The maximum atomic E-state index is 15.9. The van der Waals surface area contributed by atoms with E-state index in [-0.39, 0.29) is 35.2 Å². The number of pyridine rings is 1. The van der Waals surface area contributed by atoms with Crippen LogP contribution in [0.4, 0.5) is 30.7 Å². The fraction of sp³-hybridized carbons (Fsp3) is 0.306. The first kappa shape index (κ1) is 35.6. The van der Waals surface area contributed by atoms with Crippen LogP contribution in [-0.2, 0) is 22.2 Å². The molecule has 4 aromatic rings. The number of hydrogen-bond acceptors (Lipinski definition) is 5. The van der Waals surface area contributed by atoms with Crippen molar-refractivity contribution in [3.63, 3.8) is 0 Å². The van der Waals surface area contributed by atoms with Gasteiger partial charge in [-0.2, -0.15) is 13.2 Å². The minimum atomic E-state index is -5.06. The molecule has 2 aliphatic rings. The van der Waals surface area contributed by atoms with Crippen LogP contribution in [0, 0.1) is 25.5 Å². The monoisotopic (exact) mass is 717 g/mol. The number of aryl methyl sites for hydroxylation is 2. The van der Waals surface area contributed by atoms with E-state index in [1.165, 1.54) is 30.0 Å². The number of aromatic nitrogens is 1. The van der Waals surface area contributed by atoms with Crippen molar-refractivity contribution in [2.75, 3.05) is 19.6 Å². The van der Waals surface area contributed by atoms with Crippen LogP contribution in [0.25, 0.3) is 11.1 Å². The molecule has 2 aliphatic heterocycles. The van der Waals surface area contributed by atoms with Gasteiger partial charge in [0.2, 0.25) is 5.91 Å². The zero-order valence-corrected chi connectivity index (χ0v) is 27.1. The van der Waals surface area contributed by atoms with Gasteiger partial charge in [-0.3, -0.25) is 23.9 Å². The lowest BCUT2D eigenvalue weighted by Crippen LogP contribution is -2.56. The van der Waals surface area contributed by atoms with Crippen molar-refractivity contribution in [1.82, 2.24) is 14.8 Å². The molecule has 3 heterocycles. The number of hydrogen-bond donors (Lipinski definition) is 2. The lowest BCUT2D eigenvalue weighted by molar-refractivity contribution is -0.139. The molecular formula is C36H30F7N3O5. The van der Waals surface area contributed by atoms with Crippen LogP contribution in [0.1, 0.15) is 51.9 Å². The molecule has 3 aromatic carbocycles. The summed E-state index contributed by atoms with van der Waals surface area (Å²) >= 11 is 0. The molecule has 268 valence electrons. The number of rotatable bonds is 6. The number of carbonyl (C=O) groups is 2. The quantitative estimate of drug-likeness (QED) is 0.210. The van der Waals surface area contributed by atoms with Gasteiger partial charge in [0, 0.05) is 35.5 Å². The van der Waals surface area contributed by atoms with Crippen LogP contribution in [0.2, 0.25) is 0 Å². The van der Waals surface area contributed by atoms with Crippen molar-refractivity contribution in [3.05, 3.63) is 116 Å². The number of ether oxygens (including phenoxy) is 1. The summed E-state index contributed by atoms with van der Waals surface area (Å²) in [6.07, 6.45) is -5.68. The minimum absolute atomic E-state index is 0.0321. The summed E-state index contributed by atoms with van der Waals surface area (Å²) in [6.45, 7) is 1.58. The molecule has 2 atom stereocenters. The molecule has 1 amide bonds. The normalized spacial score (nSPS) is 18.6. The van der Waals surface area contributed by atoms with E-state index in [1.54, 1.807) is 25.1 Å². The molecule has 0 aliphatic carbocycles. The number of carboxylic acids is 1.